The van der Waals surface area contributed by atoms with Crippen molar-refractivity contribution >= 4 is 21.9 Å². The van der Waals surface area contributed by atoms with Crippen molar-refractivity contribution in [1.29, 1.82) is 0 Å². The van der Waals surface area contributed by atoms with Gasteiger partial charge in [-0.15, -0.1) is 0 Å². The second-order valence-corrected chi connectivity index (χ2v) is 7.58. The summed E-state index contributed by atoms with van der Waals surface area (Å²) >= 11 is 3.49. The highest BCUT2D eigenvalue weighted by atomic mass is 79.9. The van der Waals surface area contributed by atoms with Crippen LogP contribution in [0.4, 0.5) is 0 Å². The van der Waals surface area contributed by atoms with Crippen LogP contribution in [0.25, 0.3) is 0 Å². The van der Waals surface area contributed by atoms with Crippen molar-refractivity contribution < 1.29 is 0 Å². The first kappa shape index (κ1) is 18.3. The van der Waals surface area contributed by atoms with Crippen LogP contribution in [0.15, 0.2) is 33.7 Å². The summed E-state index contributed by atoms with van der Waals surface area (Å²) in [5.41, 5.74) is 1.38. The molecule has 0 radical (unpaired) electrons. The Labute approximate surface area is 148 Å². The standard InChI is InChI=1S/C18H29BrN4/c1-14(2)12-21-18(20-3)22-17-8-10-23(11-9-17)13-15-4-6-16(19)7-5-15/h4-7,14,17H,8-13H2,1-3H3,(H2,20,21,22). The summed E-state index contributed by atoms with van der Waals surface area (Å²) in [5.74, 6) is 1.56. The van der Waals surface area contributed by atoms with Crippen LogP contribution in [0.2, 0.25) is 0 Å². The molecule has 2 N–H and O–H groups in total. The van der Waals surface area contributed by atoms with E-state index >= 15 is 0 Å². The molecule has 0 spiro atoms. The van der Waals surface area contributed by atoms with E-state index in [2.05, 4.69) is 74.6 Å². The molecule has 0 saturated carbocycles. The van der Waals surface area contributed by atoms with E-state index in [0.717, 1.165) is 36.6 Å². The van der Waals surface area contributed by atoms with Crippen LogP contribution in [0.1, 0.15) is 32.3 Å². The van der Waals surface area contributed by atoms with Crippen molar-refractivity contribution in [3.63, 3.8) is 0 Å². The summed E-state index contributed by atoms with van der Waals surface area (Å²) in [6.07, 6.45) is 2.33. The maximum atomic E-state index is 4.33. The van der Waals surface area contributed by atoms with E-state index in [-0.39, 0.29) is 0 Å². The van der Waals surface area contributed by atoms with Gasteiger partial charge in [0.1, 0.15) is 0 Å². The van der Waals surface area contributed by atoms with Gasteiger partial charge in [0.15, 0.2) is 5.96 Å². The molecule has 0 aromatic heterocycles. The molecule has 1 saturated heterocycles. The number of rotatable bonds is 5. The van der Waals surface area contributed by atoms with Crippen molar-refractivity contribution in [2.45, 2.75) is 39.3 Å². The fourth-order valence-electron chi connectivity index (χ4n) is 2.77. The maximum Gasteiger partial charge on any atom is 0.191 e. The van der Waals surface area contributed by atoms with Gasteiger partial charge >= 0.3 is 0 Å². The summed E-state index contributed by atoms with van der Waals surface area (Å²) in [4.78, 5) is 6.86. The quantitative estimate of drug-likeness (QED) is 0.608. The number of halogens is 1. The normalized spacial score (nSPS) is 17.5. The summed E-state index contributed by atoms with van der Waals surface area (Å²) in [6.45, 7) is 8.69. The molecular weight excluding hydrogens is 352 g/mol. The molecule has 0 atom stereocenters. The molecule has 5 heteroatoms. The fraction of sp³-hybridized carbons (Fsp3) is 0.611. The molecule has 1 heterocycles. The Bertz CT molecular complexity index is 490. The maximum absolute atomic E-state index is 4.33. The molecular formula is C18H29BrN4. The Hall–Kier alpha value is -1.07. The second-order valence-electron chi connectivity index (χ2n) is 6.67. The molecule has 0 aliphatic carbocycles. The van der Waals surface area contributed by atoms with Crippen molar-refractivity contribution in [3.8, 4) is 0 Å². The number of nitrogens with one attached hydrogen (secondary N) is 2. The SMILES string of the molecule is CN=C(NCC(C)C)NC1CCN(Cc2ccc(Br)cc2)CC1. The minimum atomic E-state index is 0.523. The Kier molecular flexibility index (Phi) is 7.37. The van der Waals surface area contributed by atoms with Gasteiger partial charge in [-0.25, -0.2) is 0 Å². The molecule has 1 aromatic carbocycles. The summed E-state index contributed by atoms with van der Waals surface area (Å²) in [5, 5.41) is 6.95. The van der Waals surface area contributed by atoms with E-state index in [1.807, 2.05) is 7.05 Å². The lowest BCUT2D eigenvalue weighted by Gasteiger charge is -2.33. The van der Waals surface area contributed by atoms with Crippen LogP contribution in [-0.4, -0.2) is 43.6 Å². The first-order chi connectivity index (χ1) is 11.1. The van der Waals surface area contributed by atoms with E-state index < -0.39 is 0 Å². The van der Waals surface area contributed by atoms with E-state index in [0.29, 0.717) is 12.0 Å². The van der Waals surface area contributed by atoms with Crippen LogP contribution in [0, 0.1) is 5.92 Å². The third-order valence-electron chi connectivity index (χ3n) is 4.15. The van der Waals surface area contributed by atoms with Crippen molar-refractivity contribution in [2.75, 3.05) is 26.7 Å². The van der Waals surface area contributed by atoms with Gasteiger partial charge in [0.25, 0.3) is 0 Å². The Morgan fingerprint density at radius 1 is 1.26 bits per heavy atom. The number of hydrogen-bond acceptors (Lipinski definition) is 2. The predicted molar refractivity (Wildman–Crippen MR) is 102 cm³/mol. The number of benzene rings is 1. The highest BCUT2D eigenvalue weighted by Gasteiger charge is 2.20. The molecule has 23 heavy (non-hydrogen) atoms. The average molecular weight is 381 g/mol. The zero-order valence-corrected chi connectivity index (χ0v) is 16.1. The van der Waals surface area contributed by atoms with Crippen molar-refractivity contribution in [3.05, 3.63) is 34.3 Å². The number of likely N-dealkylation sites (tertiary alicyclic amines) is 1. The van der Waals surface area contributed by atoms with Crippen LogP contribution in [0.5, 0.6) is 0 Å². The zero-order valence-electron chi connectivity index (χ0n) is 14.5. The lowest BCUT2D eigenvalue weighted by atomic mass is 10.0. The smallest absolute Gasteiger partial charge is 0.191 e. The number of guanidine groups is 1. The van der Waals surface area contributed by atoms with Crippen molar-refractivity contribution in [1.82, 2.24) is 15.5 Å². The van der Waals surface area contributed by atoms with Gasteiger partial charge in [-0.2, -0.15) is 0 Å². The molecule has 2 rings (SSSR count). The summed E-state index contributed by atoms with van der Waals surface area (Å²) in [6, 6.07) is 9.16. The predicted octanol–water partition coefficient (Wildman–Crippen LogP) is 3.23. The highest BCUT2D eigenvalue weighted by Crippen LogP contribution is 2.16. The first-order valence-electron chi connectivity index (χ1n) is 8.51. The Morgan fingerprint density at radius 3 is 2.48 bits per heavy atom. The number of hydrogen-bond donors (Lipinski definition) is 2. The molecule has 1 fully saturated rings. The monoisotopic (exact) mass is 380 g/mol. The van der Waals surface area contributed by atoms with Gasteiger partial charge in [0.2, 0.25) is 0 Å². The van der Waals surface area contributed by atoms with Gasteiger partial charge in [-0.05, 0) is 36.5 Å². The van der Waals surface area contributed by atoms with E-state index in [9.17, 15) is 0 Å². The van der Waals surface area contributed by atoms with Gasteiger partial charge in [-0.3, -0.25) is 9.89 Å². The summed E-state index contributed by atoms with van der Waals surface area (Å²) in [7, 11) is 1.85. The largest absolute Gasteiger partial charge is 0.356 e. The first-order valence-corrected chi connectivity index (χ1v) is 9.30. The van der Waals surface area contributed by atoms with Crippen LogP contribution >= 0.6 is 15.9 Å². The summed E-state index contributed by atoms with van der Waals surface area (Å²) < 4.78 is 1.14. The van der Waals surface area contributed by atoms with Crippen LogP contribution in [0.3, 0.4) is 0 Å². The minimum Gasteiger partial charge on any atom is -0.356 e. The minimum absolute atomic E-state index is 0.523. The number of nitrogens with zero attached hydrogens (tertiary/aromatic N) is 2. The average Bonchev–Trinajstić information content (AvgIpc) is 2.55. The Morgan fingerprint density at radius 2 is 1.91 bits per heavy atom. The highest BCUT2D eigenvalue weighted by molar-refractivity contribution is 9.10. The zero-order chi connectivity index (χ0) is 16.7. The second kappa shape index (κ2) is 9.28. The lowest BCUT2D eigenvalue weighted by molar-refractivity contribution is 0.198. The van der Waals surface area contributed by atoms with E-state index in [1.165, 1.54) is 18.4 Å². The van der Waals surface area contributed by atoms with Crippen LogP contribution in [-0.2, 0) is 6.54 Å². The third-order valence-corrected chi connectivity index (χ3v) is 4.68. The van der Waals surface area contributed by atoms with Gasteiger partial charge < -0.3 is 10.6 Å². The third kappa shape index (κ3) is 6.51. The molecule has 128 valence electrons. The van der Waals surface area contributed by atoms with Crippen molar-refractivity contribution in [2.24, 2.45) is 10.9 Å². The molecule has 1 aliphatic rings. The molecule has 1 aliphatic heterocycles. The topological polar surface area (TPSA) is 39.7 Å². The van der Waals surface area contributed by atoms with Crippen LogP contribution < -0.4 is 10.6 Å². The number of piperidine rings is 1. The lowest BCUT2D eigenvalue weighted by Crippen LogP contribution is -2.49. The van der Waals surface area contributed by atoms with Gasteiger partial charge in [-0.1, -0.05) is 41.9 Å². The molecule has 0 unspecified atom stereocenters. The Balaban J connectivity index is 1.73. The van der Waals surface area contributed by atoms with Gasteiger partial charge in [0.05, 0.1) is 0 Å². The fourth-order valence-corrected chi connectivity index (χ4v) is 3.04. The van der Waals surface area contributed by atoms with E-state index in [4.69, 9.17) is 0 Å². The molecule has 0 amide bonds. The molecule has 0 bridgehead atoms. The van der Waals surface area contributed by atoms with Gasteiger partial charge in [0, 0.05) is 43.7 Å². The number of aliphatic imine (C=N–C) groups is 1. The molecule has 4 nitrogen and oxygen atoms in total. The van der Waals surface area contributed by atoms with E-state index in [1.54, 1.807) is 0 Å². The molecule has 1 aromatic rings.